The van der Waals surface area contributed by atoms with Crippen molar-refractivity contribution < 1.29 is 13.2 Å². The minimum Gasteiger partial charge on any atom is -0.351 e. The van der Waals surface area contributed by atoms with Gasteiger partial charge in [-0.1, -0.05) is 12.1 Å². The van der Waals surface area contributed by atoms with E-state index in [4.69, 9.17) is 0 Å². The van der Waals surface area contributed by atoms with Gasteiger partial charge in [0.05, 0.1) is 11.3 Å². The zero-order chi connectivity index (χ0) is 23.0. The molecule has 33 heavy (non-hydrogen) atoms. The van der Waals surface area contributed by atoms with Gasteiger partial charge in [0, 0.05) is 73.5 Å². The van der Waals surface area contributed by atoms with E-state index in [2.05, 4.69) is 49.0 Å². The molecule has 170 valence electrons. The zero-order valence-corrected chi connectivity index (χ0v) is 18.0. The number of fused-ring (bicyclic) bond motifs is 1. The van der Waals surface area contributed by atoms with Crippen LogP contribution in [0, 0.1) is 0 Å². The minimum atomic E-state index is -4.37. The first kappa shape index (κ1) is 21.4. The maximum Gasteiger partial charge on any atom is 0.417 e. The fourth-order valence-corrected chi connectivity index (χ4v) is 4.40. The molecule has 4 heterocycles. The summed E-state index contributed by atoms with van der Waals surface area (Å²) in [4.78, 5) is 12.6. The standard InChI is InChI=1S/C24H23F3N6/c1-16-14-32(8-9-33(16)22-5-4-21(13-29-22)24(25,26)27)15-20-12-30-31-23(20)18-2-3-19-11-28-7-6-17(19)10-18/h2-7,10-13,16H,8-9,14-15H2,1H3,(H,30,31)/t16-/m1/s1. The van der Waals surface area contributed by atoms with E-state index in [1.165, 1.54) is 6.07 Å². The monoisotopic (exact) mass is 452 g/mol. The van der Waals surface area contributed by atoms with Gasteiger partial charge in [-0.05, 0) is 36.6 Å². The smallest absolute Gasteiger partial charge is 0.351 e. The SMILES string of the molecule is C[C@@H]1CN(Cc2c[nH]nc2-c2ccc3cnccc3c2)CCN1c1ccc(C(F)(F)F)cn1. The van der Waals surface area contributed by atoms with E-state index < -0.39 is 11.7 Å². The Balaban J connectivity index is 1.28. The van der Waals surface area contributed by atoms with Crippen molar-refractivity contribution in [2.45, 2.75) is 25.7 Å². The minimum absolute atomic E-state index is 0.117. The molecule has 1 aliphatic rings. The number of nitrogens with zero attached hydrogens (tertiary/aromatic N) is 5. The Kier molecular flexibility index (Phi) is 5.49. The highest BCUT2D eigenvalue weighted by Gasteiger charge is 2.32. The zero-order valence-electron chi connectivity index (χ0n) is 18.0. The van der Waals surface area contributed by atoms with Crippen molar-refractivity contribution in [1.29, 1.82) is 0 Å². The molecule has 0 amide bonds. The number of aromatic amines is 1. The summed E-state index contributed by atoms with van der Waals surface area (Å²) in [5.41, 5.74) is 2.35. The van der Waals surface area contributed by atoms with Gasteiger partial charge in [0.15, 0.2) is 0 Å². The van der Waals surface area contributed by atoms with Gasteiger partial charge in [0.2, 0.25) is 0 Å². The van der Waals surface area contributed by atoms with E-state index in [-0.39, 0.29) is 6.04 Å². The summed E-state index contributed by atoms with van der Waals surface area (Å²) in [7, 11) is 0. The molecule has 1 N–H and O–H groups in total. The molecule has 3 aromatic heterocycles. The predicted octanol–water partition coefficient (Wildman–Crippen LogP) is 4.75. The molecule has 1 atom stereocenters. The Bertz CT molecular complexity index is 1250. The van der Waals surface area contributed by atoms with Crippen LogP contribution in [0.3, 0.4) is 0 Å². The number of H-pyrrole nitrogens is 1. The van der Waals surface area contributed by atoms with E-state index in [1.807, 2.05) is 24.5 Å². The van der Waals surface area contributed by atoms with Gasteiger partial charge in [-0.3, -0.25) is 15.0 Å². The highest BCUT2D eigenvalue weighted by Crippen LogP contribution is 2.30. The summed E-state index contributed by atoms with van der Waals surface area (Å²) in [5.74, 6) is 0.574. The molecule has 0 saturated carbocycles. The van der Waals surface area contributed by atoms with Crippen molar-refractivity contribution in [3.63, 3.8) is 0 Å². The number of hydrogen-bond acceptors (Lipinski definition) is 5. The first-order valence-electron chi connectivity index (χ1n) is 10.8. The van der Waals surface area contributed by atoms with E-state index in [0.29, 0.717) is 12.4 Å². The van der Waals surface area contributed by atoms with Crippen molar-refractivity contribution in [3.8, 4) is 11.3 Å². The van der Waals surface area contributed by atoms with Crippen LogP contribution in [0.25, 0.3) is 22.0 Å². The van der Waals surface area contributed by atoms with Crippen LogP contribution in [0.4, 0.5) is 19.0 Å². The van der Waals surface area contributed by atoms with Crippen LogP contribution in [0.5, 0.6) is 0 Å². The van der Waals surface area contributed by atoms with Gasteiger partial charge < -0.3 is 4.90 Å². The Labute approximate surface area is 189 Å². The molecule has 0 spiro atoms. The summed E-state index contributed by atoms with van der Waals surface area (Å²) in [5, 5.41) is 9.68. The molecule has 0 bridgehead atoms. The maximum absolute atomic E-state index is 12.8. The van der Waals surface area contributed by atoms with Crippen LogP contribution >= 0.6 is 0 Å². The summed E-state index contributed by atoms with van der Waals surface area (Å²) in [6.07, 6.45) is 2.09. The largest absolute Gasteiger partial charge is 0.417 e. The lowest BCUT2D eigenvalue weighted by Gasteiger charge is -2.40. The molecule has 0 aliphatic carbocycles. The molecule has 1 fully saturated rings. The molecule has 0 unspecified atom stereocenters. The molecular weight excluding hydrogens is 429 g/mol. The summed E-state index contributed by atoms with van der Waals surface area (Å²) in [6, 6.07) is 10.9. The Morgan fingerprint density at radius 3 is 2.70 bits per heavy atom. The predicted molar refractivity (Wildman–Crippen MR) is 121 cm³/mol. The van der Waals surface area contributed by atoms with Gasteiger partial charge in [-0.15, -0.1) is 0 Å². The summed E-state index contributed by atoms with van der Waals surface area (Å²) in [6.45, 7) is 5.05. The third kappa shape index (κ3) is 4.41. The number of aromatic nitrogens is 4. The van der Waals surface area contributed by atoms with Crippen LogP contribution < -0.4 is 4.90 Å². The lowest BCUT2D eigenvalue weighted by atomic mass is 10.0. The van der Waals surface area contributed by atoms with E-state index in [9.17, 15) is 13.2 Å². The number of rotatable bonds is 4. The van der Waals surface area contributed by atoms with Crippen molar-refractivity contribution >= 4 is 16.6 Å². The average Bonchev–Trinajstić information content (AvgIpc) is 3.26. The molecule has 5 rings (SSSR count). The molecule has 0 radical (unpaired) electrons. The lowest BCUT2D eigenvalue weighted by Crippen LogP contribution is -2.51. The van der Waals surface area contributed by atoms with E-state index >= 15 is 0 Å². The second-order valence-corrected chi connectivity index (χ2v) is 8.38. The number of piperazine rings is 1. The molecule has 1 saturated heterocycles. The molecule has 6 nitrogen and oxygen atoms in total. The van der Waals surface area contributed by atoms with Crippen LogP contribution in [-0.2, 0) is 12.7 Å². The molecule has 4 aromatic rings. The fourth-order valence-electron chi connectivity index (χ4n) is 4.40. The van der Waals surface area contributed by atoms with Gasteiger partial charge in [0.25, 0.3) is 0 Å². The Morgan fingerprint density at radius 2 is 1.94 bits per heavy atom. The van der Waals surface area contributed by atoms with E-state index in [0.717, 1.165) is 59.5 Å². The average molecular weight is 452 g/mol. The first-order chi connectivity index (χ1) is 15.9. The number of halogens is 3. The van der Waals surface area contributed by atoms with Crippen LogP contribution in [-0.4, -0.2) is 50.7 Å². The number of hydrogen-bond donors (Lipinski definition) is 1. The highest BCUT2D eigenvalue weighted by molar-refractivity contribution is 5.86. The fraction of sp³-hybridized carbons (Fsp3) is 0.292. The topological polar surface area (TPSA) is 60.9 Å². The molecular formula is C24H23F3N6. The third-order valence-corrected chi connectivity index (χ3v) is 6.11. The quantitative estimate of drug-likeness (QED) is 0.484. The van der Waals surface area contributed by atoms with Crippen molar-refractivity contribution in [2.24, 2.45) is 0 Å². The molecule has 1 aromatic carbocycles. The maximum atomic E-state index is 12.8. The van der Waals surface area contributed by atoms with Crippen LogP contribution in [0.1, 0.15) is 18.1 Å². The number of nitrogens with one attached hydrogen (secondary N) is 1. The Morgan fingerprint density at radius 1 is 1.06 bits per heavy atom. The van der Waals surface area contributed by atoms with Crippen molar-refractivity contribution in [3.05, 3.63) is 72.3 Å². The lowest BCUT2D eigenvalue weighted by molar-refractivity contribution is -0.137. The summed E-state index contributed by atoms with van der Waals surface area (Å²) >= 11 is 0. The number of alkyl halides is 3. The summed E-state index contributed by atoms with van der Waals surface area (Å²) < 4.78 is 38.5. The van der Waals surface area contributed by atoms with Gasteiger partial charge in [0.1, 0.15) is 5.82 Å². The van der Waals surface area contributed by atoms with Crippen LogP contribution in [0.2, 0.25) is 0 Å². The normalized spacial score (nSPS) is 17.6. The molecule has 1 aliphatic heterocycles. The van der Waals surface area contributed by atoms with Crippen LogP contribution in [0.15, 0.2) is 61.2 Å². The number of benzene rings is 1. The van der Waals surface area contributed by atoms with Crippen molar-refractivity contribution in [2.75, 3.05) is 24.5 Å². The number of pyridine rings is 2. The Hall–Kier alpha value is -3.46. The van der Waals surface area contributed by atoms with Gasteiger partial charge >= 0.3 is 6.18 Å². The highest BCUT2D eigenvalue weighted by atomic mass is 19.4. The number of anilines is 1. The molecule has 9 heteroatoms. The van der Waals surface area contributed by atoms with Gasteiger partial charge in [-0.25, -0.2) is 4.98 Å². The van der Waals surface area contributed by atoms with E-state index in [1.54, 1.807) is 6.20 Å². The second-order valence-electron chi connectivity index (χ2n) is 8.38. The van der Waals surface area contributed by atoms with Crippen molar-refractivity contribution in [1.82, 2.24) is 25.1 Å². The van der Waals surface area contributed by atoms with Gasteiger partial charge in [-0.2, -0.15) is 18.3 Å². The third-order valence-electron chi connectivity index (χ3n) is 6.11. The second kappa shape index (κ2) is 8.47. The first-order valence-corrected chi connectivity index (χ1v) is 10.8.